The molecule has 0 radical (unpaired) electrons. The third kappa shape index (κ3) is 4.54. The van der Waals surface area contributed by atoms with Crippen LogP contribution in [-0.2, 0) is 15.1 Å². The van der Waals surface area contributed by atoms with Crippen LogP contribution in [0.4, 0.5) is 22.0 Å². The molecule has 1 amide bonds. The molecule has 1 N–H and O–H groups in total. The number of methoxy groups -OCH3 is 1. The zero-order valence-corrected chi connectivity index (χ0v) is 19.9. The third-order valence-corrected chi connectivity index (χ3v) is 7.83. The molecule has 0 unspecified atom stereocenters. The highest BCUT2D eigenvalue weighted by molar-refractivity contribution is 6.30. The number of carbonyl (C=O) groups excluding carboxylic acids is 1. The lowest BCUT2D eigenvalue weighted by molar-refractivity contribution is -0.271. The molecular formula is C25H26ClF5N2O2. The van der Waals surface area contributed by atoms with E-state index in [2.05, 4.69) is 5.32 Å². The number of hydrogen-bond acceptors (Lipinski definition) is 3. The Morgan fingerprint density at radius 2 is 1.74 bits per heavy atom. The largest absolute Gasteiger partial charge is 0.430 e. The van der Waals surface area contributed by atoms with E-state index in [4.69, 9.17) is 16.3 Å². The van der Waals surface area contributed by atoms with Gasteiger partial charge < -0.3 is 15.0 Å². The van der Waals surface area contributed by atoms with Gasteiger partial charge in [-0.25, -0.2) is 8.78 Å². The topological polar surface area (TPSA) is 41.6 Å². The summed E-state index contributed by atoms with van der Waals surface area (Å²) in [6.45, 7) is 1.63. The van der Waals surface area contributed by atoms with E-state index in [0.29, 0.717) is 19.4 Å². The van der Waals surface area contributed by atoms with Gasteiger partial charge in [0.15, 0.2) is 0 Å². The molecule has 10 heteroatoms. The van der Waals surface area contributed by atoms with Crippen LogP contribution in [0, 0.1) is 17.0 Å². The van der Waals surface area contributed by atoms with Crippen LogP contribution < -0.4 is 5.32 Å². The van der Waals surface area contributed by atoms with Crippen molar-refractivity contribution in [3.63, 3.8) is 0 Å². The summed E-state index contributed by atoms with van der Waals surface area (Å²) in [5.74, 6) is -2.44. The Morgan fingerprint density at radius 3 is 2.31 bits per heavy atom. The van der Waals surface area contributed by atoms with E-state index < -0.39 is 34.1 Å². The molecular weight excluding hydrogens is 491 g/mol. The Kier molecular flexibility index (Phi) is 7.14. The van der Waals surface area contributed by atoms with Crippen LogP contribution in [0.3, 0.4) is 0 Å². The number of ether oxygens (including phenoxy) is 1. The number of nitrogens with one attached hydrogen (secondary N) is 1. The smallest absolute Gasteiger partial charge is 0.356 e. The van der Waals surface area contributed by atoms with E-state index in [1.807, 2.05) is 0 Å². The Morgan fingerprint density at radius 1 is 1.09 bits per heavy atom. The van der Waals surface area contributed by atoms with Crippen molar-refractivity contribution in [1.29, 1.82) is 0 Å². The van der Waals surface area contributed by atoms with E-state index in [0.717, 1.165) is 43.8 Å². The van der Waals surface area contributed by atoms with Gasteiger partial charge in [-0.2, -0.15) is 13.2 Å². The van der Waals surface area contributed by atoms with Gasteiger partial charge in [-0.3, -0.25) is 4.79 Å². The van der Waals surface area contributed by atoms with Crippen LogP contribution in [0.15, 0.2) is 42.5 Å². The van der Waals surface area contributed by atoms with Gasteiger partial charge in [0.25, 0.3) is 11.5 Å². The highest BCUT2D eigenvalue weighted by Gasteiger charge is 2.64. The first kappa shape index (κ1) is 25.9. The standard InChI is InChI=1S/C25H26ClF5N2O2/c1-35-24(25(29,30)31,17-4-7-21(28)20(26)14-17)22(34)33-12-9-23(10-13-33)8-11-32-15-19(23)16-2-5-18(27)6-3-16/h2-7,14,19,32H,8-13,15H2,1H3/t19-,24+/m0/s1. The predicted octanol–water partition coefficient (Wildman–Crippen LogP) is 5.41. The van der Waals surface area contributed by atoms with E-state index >= 15 is 0 Å². The minimum atomic E-state index is -5.11. The molecule has 35 heavy (non-hydrogen) atoms. The van der Waals surface area contributed by atoms with Crippen molar-refractivity contribution in [1.82, 2.24) is 10.2 Å². The predicted molar refractivity (Wildman–Crippen MR) is 121 cm³/mol. The molecule has 2 aromatic carbocycles. The van der Waals surface area contributed by atoms with Crippen LogP contribution in [0.25, 0.3) is 0 Å². The van der Waals surface area contributed by atoms with Gasteiger partial charge in [-0.15, -0.1) is 0 Å². The van der Waals surface area contributed by atoms with Crippen molar-refractivity contribution < 1.29 is 31.5 Å². The van der Waals surface area contributed by atoms with E-state index in [1.165, 1.54) is 17.0 Å². The highest BCUT2D eigenvalue weighted by atomic mass is 35.5. The average molecular weight is 517 g/mol. The molecule has 2 fully saturated rings. The number of benzene rings is 2. The molecule has 2 aliphatic rings. The van der Waals surface area contributed by atoms with Gasteiger partial charge in [0, 0.05) is 38.2 Å². The molecule has 1 spiro atoms. The zero-order valence-electron chi connectivity index (χ0n) is 19.1. The molecule has 0 aliphatic carbocycles. The van der Waals surface area contributed by atoms with Crippen molar-refractivity contribution in [3.05, 3.63) is 70.2 Å². The van der Waals surface area contributed by atoms with Crippen molar-refractivity contribution in [2.24, 2.45) is 5.41 Å². The molecule has 4 rings (SSSR count). The Hall–Kier alpha value is -2.23. The molecule has 2 aliphatic heterocycles. The van der Waals surface area contributed by atoms with Gasteiger partial charge in [0.05, 0.1) is 5.02 Å². The second-order valence-electron chi connectivity index (χ2n) is 9.22. The van der Waals surface area contributed by atoms with Crippen LogP contribution in [0.1, 0.15) is 36.3 Å². The summed E-state index contributed by atoms with van der Waals surface area (Å²) in [5.41, 5.74) is -3.15. The quantitative estimate of drug-likeness (QED) is 0.553. The number of halogens is 6. The summed E-state index contributed by atoms with van der Waals surface area (Å²) < 4.78 is 75.3. The normalized spacial score (nSPS) is 22.1. The SMILES string of the molecule is CO[C@@](C(=O)N1CCC2(CCNC[C@H]2c2ccc(F)cc2)CC1)(c1ccc(F)c(Cl)c1)C(F)(F)F. The Bertz CT molecular complexity index is 1070. The van der Waals surface area contributed by atoms with E-state index in [9.17, 15) is 26.7 Å². The first-order chi connectivity index (χ1) is 16.5. The van der Waals surface area contributed by atoms with Crippen LogP contribution in [-0.4, -0.2) is 50.3 Å². The fraction of sp³-hybridized carbons (Fsp3) is 0.480. The molecule has 4 nitrogen and oxygen atoms in total. The van der Waals surface area contributed by atoms with Gasteiger partial charge in [-0.05, 0) is 61.1 Å². The number of hydrogen-bond donors (Lipinski definition) is 1. The fourth-order valence-corrected chi connectivity index (χ4v) is 5.74. The molecule has 2 aromatic rings. The minimum Gasteiger partial charge on any atom is -0.356 e. The van der Waals surface area contributed by atoms with E-state index in [-0.39, 0.29) is 30.2 Å². The van der Waals surface area contributed by atoms with Crippen molar-refractivity contribution >= 4 is 17.5 Å². The van der Waals surface area contributed by atoms with Crippen molar-refractivity contribution in [2.45, 2.75) is 37.0 Å². The minimum absolute atomic E-state index is 0.0415. The Balaban J connectivity index is 1.61. The number of piperidine rings is 2. The molecule has 0 bridgehead atoms. The summed E-state index contributed by atoms with van der Waals surface area (Å²) in [6.07, 6.45) is -3.34. The summed E-state index contributed by atoms with van der Waals surface area (Å²) in [5, 5.41) is 2.82. The third-order valence-electron chi connectivity index (χ3n) is 7.54. The maximum absolute atomic E-state index is 14.4. The van der Waals surface area contributed by atoms with E-state index in [1.54, 1.807) is 12.1 Å². The average Bonchev–Trinajstić information content (AvgIpc) is 2.82. The number of nitrogens with zero attached hydrogens (tertiary/aromatic N) is 1. The molecule has 0 saturated carbocycles. The first-order valence-electron chi connectivity index (χ1n) is 11.4. The molecule has 0 aromatic heterocycles. The maximum Gasteiger partial charge on any atom is 0.430 e. The summed E-state index contributed by atoms with van der Waals surface area (Å²) in [4.78, 5) is 14.6. The second kappa shape index (κ2) is 9.67. The second-order valence-corrected chi connectivity index (χ2v) is 9.63. The van der Waals surface area contributed by atoms with Crippen LogP contribution >= 0.6 is 11.6 Å². The Labute approximate surface area is 205 Å². The molecule has 190 valence electrons. The number of rotatable bonds is 4. The van der Waals surface area contributed by atoms with Gasteiger partial charge >= 0.3 is 6.18 Å². The summed E-state index contributed by atoms with van der Waals surface area (Å²) >= 11 is 5.75. The van der Waals surface area contributed by atoms with Gasteiger partial charge in [-0.1, -0.05) is 29.8 Å². The summed E-state index contributed by atoms with van der Waals surface area (Å²) in [7, 11) is 0.811. The highest BCUT2D eigenvalue weighted by Crippen LogP contribution is 2.50. The monoisotopic (exact) mass is 516 g/mol. The lowest BCUT2D eigenvalue weighted by atomic mass is 9.62. The number of amides is 1. The zero-order chi connectivity index (χ0) is 25.4. The van der Waals surface area contributed by atoms with Gasteiger partial charge in [0.2, 0.25) is 0 Å². The van der Waals surface area contributed by atoms with Crippen molar-refractivity contribution in [2.75, 3.05) is 33.3 Å². The number of likely N-dealkylation sites (tertiary alicyclic amines) is 1. The molecule has 2 saturated heterocycles. The van der Waals surface area contributed by atoms with Crippen molar-refractivity contribution in [3.8, 4) is 0 Å². The number of carbonyl (C=O) groups is 1. The van der Waals surface area contributed by atoms with Gasteiger partial charge in [0.1, 0.15) is 11.6 Å². The molecule has 2 heterocycles. The summed E-state index contributed by atoms with van der Waals surface area (Å²) in [6, 6.07) is 8.74. The fourth-order valence-electron chi connectivity index (χ4n) is 5.56. The number of alkyl halides is 3. The lowest BCUT2D eigenvalue weighted by Gasteiger charge is -2.50. The van der Waals surface area contributed by atoms with Crippen LogP contribution in [0.5, 0.6) is 0 Å². The maximum atomic E-state index is 14.4. The van der Waals surface area contributed by atoms with Crippen LogP contribution in [0.2, 0.25) is 5.02 Å². The first-order valence-corrected chi connectivity index (χ1v) is 11.7. The molecule has 2 atom stereocenters. The lowest BCUT2D eigenvalue weighted by Crippen LogP contribution is -2.59.